The quantitative estimate of drug-likeness (QED) is 0.306. The van der Waals surface area contributed by atoms with Crippen LogP contribution in [0.25, 0.3) is 0 Å². The standard InChI is InChI=1S/C7H17N3O3/c1-2-13-7(12)10-6(11)5-9-4-3-8/h6,9,11H,2-5,8H2,1H3,(H,10,12). The Hall–Kier alpha value is -0.850. The molecule has 0 aromatic heterocycles. The van der Waals surface area contributed by atoms with Gasteiger partial charge in [-0.05, 0) is 6.92 Å². The Bertz CT molecular complexity index is 143. The Balaban J connectivity index is 3.38. The number of nitrogens with one attached hydrogen (secondary N) is 2. The number of aliphatic hydroxyl groups is 1. The minimum absolute atomic E-state index is 0.260. The van der Waals surface area contributed by atoms with Gasteiger partial charge in [-0.15, -0.1) is 0 Å². The molecule has 0 aliphatic carbocycles. The first kappa shape index (κ1) is 12.2. The first-order valence-corrected chi connectivity index (χ1v) is 4.22. The summed E-state index contributed by atoms with van der Waals surface area (Å²) in [4.78, 5) is 10.7. The lowest BCUT2D eigenvalue weighted by atomic mass is 10.5. The number of hydrogen-bond acceptors (Lipinski definition) is 5. The highest BCUT2D eigenvalue weighted by atomic mass is 16.5. The molecule has 0 heterocycles. The van der Waals surface area contributed by atoms with E-state index in [2.05, 4.69) is 15.4 Å². The van der Waals surface area contributed by atoms with Gasteiger partial charge in [-0.1, -0.05) is 0 Å². The van der Waals surface area contributed by atoms with E-state index in [-0.39, 0.29) is 13.2 Å². The number of amides is 1. The van der Waals surface area contributed by atoms with Gasteiger partial charge in [0.2, 0.25) is 0 Å². The number of aliphatic hydroxyl groups excluding tert-OH is 1. The Morgan fingerprint density at radius 3 is 2.92 bits per heavy atom. The Labute approximate surface area is 77.4 Å². The van der Waals surface area contributed by atoms with Gasteiger partial charge in [0.1, 0.15) is 6.23 Å². The molecule has 5 N–H and O–H groups in total. The van der Waals surface area contributed by atoms with Crippen LogP contribution in [0.1, 0.15) is 6.92 Å². The predicted molar refractivity (Wildman–Crippen MR) is 48.1 cm³/mol. The topological polar surface area (TPSA) is 96.6 Å². The Kier molecular flexibility index (Phi) is 7.27. The van der Waals surface area contributed by atoms with Gasteiger partial charge in [0.15, 0.2) is 0 Å². The molecule has 6 heteroatoms. The van der Waals surface area contributed by atoms with Crippen LogP contribution in [0.2, 0.25) is 0 Å². The molecule has 0 aromatic carbocycles. The summed E-state index contributed by atoms with van der Waals surface area (Å²) in [6, 6.07) is 0. The molecule has 6 nitrogen and oxygen atoms in total. The molecule has 0 bridgehead atoms. The molecule has 0 saturated heterocycles. The smallest absolute Gasteiger partial charge is 0.409 e. The van der Waals surface area contributed by atoms with Crippen molar-refractivity contribution in [1.82, 2.24) is 10.6 Å². The number of rotatable bonds is 6. The van der Waals surface area contributed by atoms with Crippen molar-refractivity contribution in [2.45, 2.75) is 13.2 Å². The van der Waals surface area contributed by atoms with Gasteiger partial charge in [-0.2, -0.15) is 0 Å². The number of ether oxygens (including phenoxy) is 1. The summed E-state index contributed by atoms with van der Waals surface area (Å²) in [5.74, 6) is 0. The first-order valence-electron chi connectivity index (χ1n) is 4.22. The van der Waals surface area contributed by atoms with E-state index in [1.807, 2.05) is 0 Å². The van der Waals surface area contributed by atoms with Crippen LogP contribution in [0.5, 0.6) is 0 Å². The molecule has 0 aliphatic rings. The van der Waals surface area contributed by atoms with Crippen LogP contribution in [-0.2, 0) is 4.74 Å². The van der Waals surface area contributed by atoms with Gasteiger partial charge in [0.25, 0.3) is 0 Å². The van der Waals surface area contributed by atoms with Crippen LogP contribution in [-0.4, -0.2) is 43.7 Å². The molecule has 0 aromatic rings. The van der Waals surface area contributed by atoms with E-state index in [0.29, 0.717) is 13.1 Å². The van der Waals surface area contributed by atoms with Crippen molar-refractivity contribution in [2.75, 3.05) is 26.2 Å². The van der Waals surface area contributed by atoms with Gasteiger partial charge in [-0.3, -0.25) is 5.32 Å². The second-order valence-corrected chi connectivity index (χ2v) is 2.37. The van der Waals surface area contributed by atoms with E-state index >= 15 is 0 Å². The summed E-state index contributed by atoms with van der Waals surface area (Å²) in [6.45, 7) is 3.33. The van der Waals surface area contributed by atoms with E-state index in [1.165, 1.54) is 0 Å². The van der Waals surface area contributed by atoms with E-state index in [0.717, 1.165) is 0 Å². The van der Waals surface area contributed by atoms with Crippen molar-refractivity contribution in [2.24, 2.45) is 5.73 Å². The third-order valence-corrected chi connectivity index (χ3v) is 1.22. The lowest BCUT2D eigenvalue weighted by Gasteiger charge is -2.12. The zero-order valence-corrected chi connectivity index (χ0v) is 7.75. The molecule has 0 fully saturated rings. The SMILES string of the molecule is CCOC(=O)NC(O)CNCCN. The fourth-order valence-corrected chi connectivity index (χ4v) is 0.701. The van der Waals surface area contributed by atoms with Gasteiger partial charge in [0.05, 0.1) is 6.61 Å². The summed E-state index contributed by atoms with van der Waals surface area (Å²) < 4.78 is 4.56. The highest BCUT2D eigenvalue weighted by Gasteiger charge is 2.07. The van der Waals surface area contributed by atoms with Crippen molar-refractivity contribution in [3.8, 4) is 0 Å². The fraction of sp³-hybridized carbons (Fsp3) is 0.857. The van der Waals surface area contributed by atoms with E-state index < -0.39 is 12.3 Å². The predicted octanol–water partition coefficient (Wildman–Crippen LogP) is -1.40. The Morgan fingerprint density at radius 2 is 2.38 bits per heavy atom. The van der Waals surface area contributed by atoms with Crippen molar-refractivity contribution in [3.63, 3.8) is 0 Å². The second-order valence-electron chi connectivity index (χ2n) is 2.37. The summed E-state index contributed by atoms with van der Waals surface area (Å²) >= 11 is 0. The minimum atomic E-state index is -0.939. The van der Waals surface area contributed by atoms with Crippen LogP contribution in [0.15, 0.2) is 0 Å². The van der Waals surface area contributed by atoms with Crippen LogP contribution < -0.4 is 16.4 Å². The van der Waals surface area contributed by atoms with Crippen molar-refractivity contribution in [3.05, 3.63) is 0 Å². The number of nitrogens with two attached hydrogens (primary N) is 1. The van der Waals surface area contributed by atoms with Crippen LogP contribution >= 0.6 is 0 Å². The molecular weight excluding hydrogens is 174 g/mol. The number of alkyl carbamates (subject to hydrolysis) is 1. The summed E-state index contributed by atoms with van der Waals surface area (Å²) in [7, 11) is 0. The average molecular weight is 191 g/mol. The van der Waals surface area contributed by atoms with Crippen LogP contribution in [0.3, 0.4) is 0 Å². The average Bonchev–Trinajstić information content (AvgIpc) is 2.05. The van der Waals surface area contributed by atoms with Gasteiger partial charge in [0, 0.05) is 19.6 Å². The molecule has 1 atom stereocenters. The number of hydrogen-bond donors (Lipinski definition) is 4. The molecule has 0 saturated carbocycles. The third kappa shape index (κ3) is 7.51. The van der Waals surface area contributed by atoms with Crippen molar-refractivity contribution < 1.29 is 14.6 Å². The largest absolute Gasteiger partial charge is 0.450 e. The second kappa shape index (κ2) is 7.78. The molecule has 0 aliphatic heterocycles. The molecule has 1 amide bonds. The molecule has 78 valence electrons. The Morgan fingerprint density at radius 1 is 1.69 bits per heavy atom. The maximum absolute atomic E-state index is 10.7. The van der Waals surface area contributed by atoms with Crippen molar-refractivity contribution >= 4 is 6.09 Å². The lowest BCUT2D eigenvalue weighted by molar-refractivity contribution is 0.101. The molecule has 13 heavy (non-hydrogen) atoms. The first-order chi connectivity index (χ1) is 6.20. The zero-order valence-electron chi connectivity index (χ0n) is 7.75. The molecule has 0 radical (unpaired) electrons. The van der Waals surface area contributed by atoms with Crippen LogP contribution in [0.4, 0.5) is 4.79 Å². The van der Waals surface area contributed by atoms with Crippen LogP contribution in [0, 0.1) is 0 Å². The summed E-state index contributed by atoms with van der Waals surface area (Å²) in [6.07, 6.45) is -1.56. The van der Waals surface area contributed by atoms with E-state index in [4.69, 9.17) is 10.8 Å². The molecule has 0 spiro atoms. The van der Waals surface area contributed by atoms with Gasteiger partial charge >= 0.3 is 6.09 Å². The third-order valence-electron chi connectivity index (χ3n) is 1.22. The fourth-order valence-electron chi connectivity index (χ4n) is 0.701. The minimum Gasteiger partial charge on any atom is -0.450 e. The normalized spacial score (nSPS) is 12.2. The summed E-state index contributed by atoms with van der Waals surface area (Å²) in [5, 5.41) is 14.2. The molecule has 1 unspecified atom stereocenters. The van der Waals surface area contributed by atoms with E-state index in [9.17, 15) is 4.79 Å². The number of carbonyl (C=O) groups excluding carboxylic acids is 1. The highest BCUT2D eigenvalue weighted by Crippen LogP contribution is 1.79. The van der Waals surface area contributed by atoms with Gasteiger partial charge in [-0.25, -0.2) is 4.79 Å². The monoisotopic (exact) mass is 191 g/mol. The maximum atomic E-state index is 10.7. The molecule has 0 rings (SSSR count). The maximum Gasteiger partial charge on any atom is 0.409 e. The van der Waals surface area contributed by atoms with E-state index in [1.54, 1.807) is 6.92 Å². The lowest BCUT2D eigenvalue weighted by Crippen LogP contribution is -2.43. The van der Waals surface area contributed by atoms with Gasteiger partial charge < -0.3 is 20.9 Å². The molecular formula is C7H17N3O3. The highest BCUT2D eigenvalue weighted by molar-refractivity contribution is 5.67. The summed E-state index contributed by atoms with van der Waals surface area (Å²) in [5.41, 5.74) is 5.21. The van der Waals surface area contributed by atoms with Crippen molar-refractivity contribution in [1.29, 1.82) is 0 Å². The zero-order chi connectivity index (χ0) is 10.1. The number of carbonyl (C=O) groups is 1.